The Hall–Kier alpha value is -0.640. The Morgan fingerprint density at radius 1 is 1.41 bits per heavy atom. The van der Waals surface area contributed by atoms with Gasteiger partial charge in [0, 0.05) is 29.7 Å². The first-order valence-corrected chi connectivity index (χ1v) is 7.49. The molecule has 0 spiro atoms. The number of alkyl halides is 1. The van der Waals surface area contributed by atoms with Crippen molar-refractivity contribution in [1.82, 2.24) is 9.97 Å². The third-order valence-corrected chi connectivity index (χ3v) is 4.11. The Morgan fingerprint density at radius 2 is 2.24 bits per heavy atom. The molecule has 1 saturated heterocycles. The molecule has 3 nitrogen and oxygen atoms in total. The highest BCUT2D eigenvalue weighted by Crippen LogP contribution is 2.25. The molecule has 17 heavy (non-hydrogen) atoms. The van der Waals surface area contributed by atoms with Crippen LogP contribution in [0, 0.1) is 0 Å². The second-order valence-electron chi connectivity index (χ2n) is 4.95. The number of piperidine rings is 1. The molecule has 1 unspecified atom stereocenters. The number of rotatable bonds is 3. The van der Waals surface area contributed by atoms with Gasteiger partial charge >= 0.3 is 0 Å². The Balaban J connectivity index is 2.22. The van der Waals surface area contributed by atoms with Gasteiger partial charge in [0.2, 0.25) is 0 Å². The van der Waals surface area contributed by atoms with Crippen LogP contribution >= 0.6 is 15.9 Å². The van der Waals surface area contributed by atoms with E-state index in [0.29, 0.717) is 12.0 Å². The van der Waals surface area contributed by atoms with Crippen LogP contribution in [-0.4, -0.2) is 27.9 Å². The van der Waals surface area contributed by atoms with Crippen molar-refractivity contribution >= 4 is 21.7 Å². The molecule has 4 heteroatoms. The van der Waals surface area contributed by atoms with E-state index in [1.54, 1.807) is 6.33 Å². The zero-order valence-corrected chi connectivity index (χ0v) is 12.2. The largest absolute Gasteiger partial charge is 0.353 e. The predicted octanol–water partition coefficient (Wildman–Crippen LogP) is 3.35. The van der Waals surface area contributed by atoms with E-state index in [4.69, 9.17) is 0 Å². The van der Waals surface area contributed by atoms with E-state index in [9.17, 15) is 0 Å². The molecule has 1 fully saturated rings. The predicted molar refractivity (Wildman–Crippen MR) is 74.9 cm³/mol. The van der Waals surface area contributed by atoms with Crippen LogP contribution in [0.4, 0.5) is 5.82 Å². The number of hydrogen-bond acceptors (Lipinski definition) is 3. The molecule has 0 radical (unpaired) electrons. The van der Waals surface area contributed by atoms with Gasteiger partial charge in [-0.2, -0.15) is 0 Å². The number of nitrogens with zero attached hydrogens (tertiary/aromatic N) is 3. The molecular weight excluding hydrogens is 278 g/mol. The topological polar surface area (TPSA) is 29.0 Å². The SMILES string of the molecule is CC(C)c1cc(N2CCCCC2CBr)ncn1. The van der Waals surface area contributed by atoms with Crippen molar-refractivity contribution in [2.24, 2.45) is 0 Å². The van der Waals surface area contributed by atoms with Gasteiger partial charge in [-0.25, -0.2) is 9.97 Å². The molecule has 0 aliphatic carbocycles. The minimum atomic E-state index is 0.462. The zero-order chi connectivity index (χ0) is 12.3. The van der Waals surface area contributed by atoms with E-state index in [2.05, 4.69) is 50.7 Å². The van der Waals surface area contributed by atoms with Crippen LogP contribution < -0.4 is 4.90 Å². The number of aromatic nitrogens is 2. The molecule has 2 heterocycles. The van der Waals surface area contributed by atoms with Crippen molar-refractivity contribution in [3.63, 3.8) is 0 Å². The van der Waals surface area contributed by atoms with Crippen LogP contribution in [0.2, 0.25) is 0 Å². The molecule has 1 atom stereocenters. The molecule has 1 aromatic rings. The summed E-state index contributed by atoms with van der Waals surface area (Å²) in [5, 5.41) is 1.02. The first-order chi connectivity index (χ1) is 8.22. The molecule has 0 saturated carbocycles. The van der Waals surface area contributed by atoms with Crippen molar-refractivity contribution in [1.29, 1.82) is 0 Å². The molecule has 0 N–H and O–H groups in total. The van der Waals surface area contributed by atoms with E-state index in [-0.39, 0.29) is 0 Å². The van der Waals surface area contributed by atoms with Crippen LogP contribution in [0.3, 0.4) is 0 Å². The average Bonchev–Trinajstić information content (AvgIpc) is 2.39. The average molecular weight is 298 g/mol. The lowest BCUT2D eigenvalue weighted by molar-refractivity contribution is 0.487. The lowest BCUT2D eigenvalue weighted by Crippen LogP contribution is -2.41. The highest BCUT2D eigenvalue weighted by Gasteiger charge is 2.22. The third kappa shape index (κ3) is 2.97. The van der Waals surface area contributed by atoms with Gasteiger partial charge < -0.3 is 4.90 Å². The second kappa shape index (κ2) is 5.80. The van der Waals surface area contributed by atoms with Gasteiger partial charge in [0.1, 0.15) is 12.1 Å². The quantitative estimate of drug-likeness (QED) is 0.801. The fourth-order valence-electron chi connectivity index (χ4n) is 2.30. The maximum Gasteiger partial charge on any atom is 0.132 e. The Kier molecular flexibility index (Phi) is 4.37. The molecule has 0 amide bonds. The van der Waals surface area contributed by atoms with Crippen LogP contribution in [0.25, 0.3) is 0 Å². The lowest BCUT2D eigenvalue weighted by atomic mass is 10.0. The van der Waals surface area contributed by atoms with Gasteiger partial charge in [-0.1, -0.05) is 29.8 Å². The van der Waals surface area contributed by atoms with Crippen LogP contribution in [0.5, 0.6) is 0 Å². The molecular formula is C13H20BrN3. The van der Waals surface area contributed by atoms with Crippen molar-refractivity contribution < 1.29 is 0 Å². The summed E-state index contributed by atoms with van der Waals surface area (Å²) in [4.78, 5) is 11.2. The highest BCUT2D eigenvalue weighted by molar-refractivity contribution is 9.09. The normalized spacial score (nSPS) is 20.9. The maximum absolute atomic E-state index is 4.44. The minimum absolute atomic E-state index is 0.462. The van der Waals surface area contributed by atoms with Gasteiger partial charge in [0.05, 0.1) is 0 Å². The Bertz CT molecular complexity index is 367. The summed E-state index contributed by atoms with van der Waals surface area (Å²) < 4.78 is 0. The minimum Gasteiger partial charge on any atom is -0.353 e. The first-order valence-electron chi connectivity index (χ1n) is 6.37. The van der Waals surface area contributed by atoms with E-state index >= 15 is 0 Å². The van der Waals surface area contributed by atoms with Gasteiger partial charge in [-0.05, 0) is 25.2 Å². The molecule has 0 bridgehead atoms. The Labute approximate surface area is 112 Å². The molecule has 1 aliphatic heterocycles. The van der Waals surface area contributed by atoms with Gasteiger partial charge in [0.25, 0.3) is 0 Å². The summed E-state index contributed by atoms with van der Waals surface area (Å²) in [6.45, 7) is 5.46. The second-order valence-corrected chi connectivity index (χ2v) is 5.60. The van der Waals surface area contributed by atoms with E-state index in [0.717, 1.165) is 23.4 Å². The zero-order valence-electron chi connectivity index (χ0n) is 10.6. The molecule has 1 aliphatic rings. The number of hydrogen-bond donors (Lipinski definition) is 0. The summed E-state index contributed by atoms with van der Waals surface area (Å²) in [6, 6.07) is 2.73. The van der Waals surface area contributed by atoms with Crippen molar-refractivity contribution in [2.45, 2.75) is 45.1 Å². The molecule has 94 valence electrons. The van der Waals surface area contributed by atoms with Crippen molar-refractivity contribution in [3.05, 3.63) is 18.1 Å². The van der Waals surface area contributed by atoms with Gasteiger partial charge in [0.15, 0.2) is 0 Å². The molecule has 2 rings (SSSR count). The summed E-state index contributed by atoms with van der Waals surface area (Å²) in [6.07, 6.45) is 5.55. The summed E-state index contributed by atoms with van der Waals surface area (Å²) in [5.41, 5.74) is 1.13. The Morgan fingerprint density at radius 3 is 2.94 bits per heavy atom. The fraction of sp³-hybridized carbons (Fsp3) is 0.692. The van der Waals surface area contributed by atoms with Crippen LogP contribution in [0.15, 0.2) is 12.4 Å². The van der Waals surface area contributed by atoms with E-state index in [1.807, 2.05) is 0 Å². The standard InChI is InChI=1S/C13H20BrN3/c1-10(2)12-7-13(16-9-15-12)17-6-4-3-5-11(17)8-14/h7,9-11H,3-6,8H2,1-2H3. The molecule has 0 aromatic carbocycles. The summed E-state index contributed by atoms with van der Waals surface area (Å²) in [7, 11) is 0. The van der Waals surface area contributed by atoms with Crippen LogP contribution in [0.1, 0.15) is 44.7 Å². The lowest BCUT2D eigenvalue weighted by Gasteiger charge is -2.35. The van der Waals surface area contributed by atoms with E-state index < -0.39 is 0 Å². The molecule has 1 aromatic heterocycles. The third-order valence-electron chi connectivity index (χ3n) is 3.36. The van der Waals surface area contributed by atoms with Crippen molar-refractivity contribution in [2.75, 3.05) is 16.8 Å². The maximum atomic E-state index is 4.44. The monoisotopic (exact) mass is 297 g/mol. The summed E-state index contributed by atoms with van der Waals surface area (Å²) in [5.74, 6) is 1.55. The van der Waals surface area contributed by atoms with Gasteiger partial charge in [-0.3, -0.25) is 0 Å². The van der Waals surface area contributed by atoms with Crippen molar-refractivity contribution in [3.8, 4) is 0 Å². The van der Waals surface area contributed by atoms with E-state index in [1.165, 1.54) is 19.3 Å². The number of anilines is 1. The fourth-order valence-corrected chi connectivity index (χ4v) is 2.97. The highest BCUT2D eigenvalue weighted by atomic mass is 79.9. The van der Waals surface area contributed by atoms with Crippen LogP contribution in [-0.2, 0) is 0 Å². The van der Waals surface area contributed by atoms with Gasteiger partial charge in [-0.15, -0.1) is 0 Å². The smallest absolute Gasteiger partial charge is 0.132 e. The summed E-state index contributed by atoms with van der Waals surface area (Å²) >= 11 is 3.61. The first kappa shape index (κ1) is 12.8. The number of halogens is 1.